The average Bonchev–Trinajstić information content (AvgIpc) is 2.57. The lowest BCUT2D eigenvalue weighted by Crippen LogP contribution is -2.23. The SMILES string of the molecule is COc1cccc(-c2c(CN)n(C)c(=O)c3ccc(Cl)cc23)c1.Cl. The highest BCUT2D eigenvalue weighted by Gasteiger charge is 2.16. The van der Waals surface area contributed by atoms with Crippen LogP contribution in [0.5, 0.6) is 5.75 Å². The highest BCUT2D eigenvalue weighted by atomic mass is 35.5. The molecule has 0 spiro atoms. The Morgan fingerprint density at radius 1 is 1.17 bits per heavy atom. The van der Waals surface area contributed by atoms with Gasteiger partial charge in [-0.2, -0.15) is 0 Å². The van der Waals surface area contributed by atoms with Crippen molar-refractivity contribution in [2.45, 2.75) is 6.54 Å². The van der Waals surface area contributed by atoms with Gasteiger partial charge in [0, 0.05) is 35.3 Å². The van der Waals surface area contributed by atoms with Crippen molar-refractivity contribution in [2.75, 3.05) is 7.11 Å². The van der Waals surface area contributed by atoms with Crippen molar-refractivity contribution in [3.63, 3.8) is 0 Å². The van der Waals surface area contributed by atoms with Crippen LogP contribution in [0, 0.1) is 0 Å². The van der Waals surface area contributed by atoms with E-state index in [9.17, 15) is 4.79 Å². The minimum atomic E-state index is -0.0798. The van der Waals surface area contributed by atoms with E-state index in [1.54, 1.807) is 30.9 Å². The number of fused-ring (bicyclic) bond motifs is 1. The van der Waals surface area contributed by atoms with Crippen molar-refractivity contribution in [1.29, 1.82) is 0 Å². The Morgan fingerprint density at radius 3 is 2.58 bits per heavy atom. The summed E-state index contributed by atoms with van der Waals surface area (Å²) in [6.07, 6.45) is 0. The maximum absolute atomic E-state index is 12.6. The fourth-order valence-corrected chi connectivity index (χ4v) is 3.05. The maximum atomic E-state index is 12.6. The number of nitrogens with zero attached hydrogens (tertiary/aromatic N) is 1. The highest BCUT2D eigenvalue weighted by molar-refractivity contribution is 6.31. The van der Waals surface area contributed by atoms with Gasteiger partial charge in [-0.05, 0) is 41.3 Å². The van der Waals surface area contributed by atoms with Gasteiger partial charge in [-0.1, -0.05) is 23.7 Å². The smallest absolute Gasteiger partial charge is 0.258 e. The number of pyridine rings is 1. The minimum absolute atomic E-state index is 0. The molecule has 0 amide bonds. The summed E-state index contributed by atoms with van der Waals surface area (Å²) >= 11 is 6.16. The fourth-order valence-electron chi connectivity index (χ4n) is 2.88. The molecule has 0 unspecified atom stereocenters. The topological polar surface area (TPSA) is 57.2 Å². The van der Waals surface area contributed by atoms with Crippen molar-refractivity contribution in [1.82, 2.24) is 4.57 Å². The van der Waals surface area contributed by atoms with Gasteiger partial charge in [0.05, 0.1) is 7.11 Å². The van der Waals surface area contributed by atoms with Crippen LogP contribution in [0.2, 0.25) is 5.02 Å². The van der Waals surface area contributed by atoms with Gasteiger partial charge in [-0.25, -0.2) is 0 Å². The van der Waals surface area contributed by atoms with Gasteiger partial charge in [-0.3, -0.25) is 4.79 Å². The molecule has 24 heavy (non-hydrogen) atoms. The van der Waals surface area contributed by atoms with Crippen molar-refractivity contribution >= 4 is 34.8 Å². The molecular weight excluding hydrogens is 347 g/mol. The van der Waals surface area contributed by atoms with Gasteiger partial charge in [0.25, 0.3) is 5.56 Å². The first-order chi connectivity index (χ1) is 11.1. The molecule has 0 saturated heterocycles. The number of hydrogen-bond donors (Lipinski definition) is 1. The molecule has 0 bridgehead atoms. The second kappa shape index (κ2) is 7.26. The van der Waals surface area contributed by atoms with E-state index in [-0.39, 0.29) is 24.5 Å². The van der Waals surface area contributed by atoms with Gasteiger partial charge in [0.1, 0.15) is 5.75 Å². The number of benzene rings is 2. The molecule has 3 aromatic rings. The molecular formula is C18H18Cl2N2O2. The van der Waals surface area contributed by atoms with Crippen molar-refractivity contribution < 1.29 is 4.74 Å². The van der Waals surface area contributed by atoms with E-state index >= 15 is 0 Å². The molecule has 0 aliphatic heterocycles. The van der Waals surface area contributed by atoms with Crippen molar-refractivity contribution in [3.05, 3.63) is 63.5 Å². The van der Waals surface area contributed by atoms with Crippen LogP contribution < -0.4 is 16.0 Å². The summed E-state index contributed by atoms with van der Waals surface area (Å²) in [6, 6.07) is 13.0. The molecule has 0 atom stereocenters. The average molecular weight is 365 g/mol. The highest BCUT2D eigenvalue weighted by Crippen LogP contribution is 2.33. The zero-order valence-corrected chi connectivity index (χ0v) is 14.9. The number of ether oxygens (including phenoxy) is 1. The first kappa shape index (κ1) is 18.3. The zero-order chi connectivity index (χ0) is 16.6. The predicted molar refractivity (Wildman–Crippen MR) is 101 cm³/mol. The summed E-state index contributed by atoms with van der Waals surface area (Å²) in [7, 11) is 3.36. The number of rotatable bonds is 3. The Morgan fingerprint density at radius 2 is 1.92 bits per heavy atom. The summed E-state index contributed by atoms with van der Waals surface area (Å²) in [5, 5.41) is 2.00. The van der Waals surface area contributed by atoms with Crippen LogP contribution >= 0.6 is 24.0 Å². The Kier molecular flexibility index (Phi) is 5.54. The molecule has 0 fully saturated rings. The summed E-state index contributed by atoms with van der Waals surface area (Å²) in [4.78, 5) is 12.6. The standard InChI is InChI=1S/C18H17ClN2O2.ClH/c1-21-16(10-20)17(11-4-3-5-13(8-11)23-2)15-9-12(19)6-7-14(15)18(21)22;/h3-9H,10,20H2,1-2H3;1H. The quantitative estimate of drug-likeness (QED) is 0.769. The molecule has 6 heteroatoms. The van der Waals surface area contributed by atoms with Crippen LogP contribution in [-0.4, -0.2) is 11.7 Å². The number of halogens is 2. The normalized spacial score (nSPS) is 10.5. The van der Waals surface area contributed by atoms with E-state index in [0.717, 1.165) is 28.0 Å². The second-order valence-electron chi connectivity index (χ2n) is 5.31. The molecule has 1 heterocycles. The van der Waals surface area contributed by atoms with Gasteiger partial charge in [-0.15, -0.1) is 12.4 Å². The molecule has 2 N–H and O–H groups in total. The monoisotopic (exact) mass is 364 g/mol. The molecule has 0 aliphatic carbocycles. The lowest BCUT2D eigenvalue weighted by atomic mass is 9.96. The van der Waals surface area contributed by atoms with E-state index in [1.807, 2.05) is 30.3 Å². The van der Waals surface area contributed by atoms with Gasteiger partial charge < -0.3 is 15.0 Å². The molecule has 1 aromatic heterocycles. The van der Waals surface area contributed by atoms with Crippen LogP contribution in [0.15, 0.2) is 47.3 Å². The second-order valence-corrected chi connectivity index (χ2v) is 5.75. The van der Waals surface area contributed by atoms with Crippen LogP contribution in [0.1, 0.15) is 5.69 Å². The third-order valence-corrected chi connectivity index (χ3v) is 4.27. The van der Waals surface area contributed by atoms with Crippen LogP contribution in [0.3, 0.4) is 0 Å². The van der Waals surface area contributed by atoms with Gasteiger partial charge >= 0.3 is 0 Å². The van der Waals surface area contributed by atoms with Crippen LogP contribution in [0.4, 0.5) is 0 Å². The minimum Gasteiger partial charge on any atom is -0.497 e. The van der Waals surface area contributed by atoms with E-state index in [1.165, 1.54) is 0 Å². The molecule has 0 aliphatic rings. The van der Waals surface area contributed by atoms with E-state index in [4.69, 9.17) is 22.1 Å². The Bertz CT molecular complexity index is 952. The Balaban J connectivity index is 0.00000208. The van der Waals surface area contributed by atoms with Crippen LogP contribution in [0.25, 0.3) is 21.9 Å². The number of nitrogens with two attached hydrogens (primary N) is 1. The van der Waals surface area contributed by atoms with Crippen LogP contribution in [-0.2, 0) is 13.6 Å². The number of methoxy groups -OCH3 is 1. The first-order valence-corrected chi connectivity index (χ1v) is 7.60. The number of hydrogen-bond acceptors (Lipinski definition) is 3. The number of aromatic nitrogens is 1. The summed E-state index contributed by atoms with van der Waals surface area (Å²) in [5.74, 6) is 0.745. The maximum Gasteiger partial charge on any atom is 0.258 e. The largest absolute Gasteiger partial charge is 0.497 e. The summed E-state index contributed by atoms with van der Waals surface area (Å²) < 4.78 is 6.92. The Labute approximate surface area is 151 Å². The van der Waals surface area contributed by atoms with Crippen molar-refractivity contribution in [3.8, 4) is 16.9 Å². The summed E-state index contributed by atoms with van der Waals surface area (Å²) in [5.41, 5.74) is 8.46. The van der Waals surface area contributed by atoms with E-state index in [0.29, 0.717) is 10.4 Å². The molecule has 0 saturated carbocycles. The van der Waals surface area contributed by atoms with Gasteiger partial charge in [0.15, 0.2) is 0 Å². The Hall–Kier alpha value is -2.01. The lowest BCUT2D eigenvalue weighted by molar-refractivity contribution is 0.415. The third-order valence-electron chi connectivity index (χ3n) is 4.03. The van der Waals surface area contributed by atoms with Crippen molar-refractivity contribution in [2.24, 2.45) is 12.8 Å². The molecule has 0 radical (unpaired) electrons. The first-order valence-electron chi connectivity index (χ1n) is 7.22. The molecule has 3 rings (SSSR count). The molecule has 4 nitrogen and oxygen atoms in total. The lowest BCUT2D eigenvalue weighted by Gasteiger charge is -2.17. The van der Waals surface area contributed by atoms with Gasteiger partial charge in [0.2, 0.25) is 0 Å². The summed E-state index contributed by atoms with van der Waals surface area (Å²) in [6.45, 7) is 0.251. The van der Waals surface area contributed by atoms with E-state index in [2.05, 4.69) is 0 Å². The zero-order valence-electron chi connectivity index (χ0n) is 13.4. The fraction of sp³-hybridized carbons (Fsp3) is 0.167. The van der Waals surface area contributed by atoms with E-state index < -0.39 is 0 Å². The predicted octanol–water partition coefficient (Wildman–Crippen LogP) is 3.75. The third kappa shape index (κ3) is 3.00. The molecule has 126 valence electrons. The molecule has 2 aromatic carbocycles.